The molecule has 1 rings (SSSR count). The molecule has 0 aromatic carbocycles. The number of rotatable bonds is 5. The van der Waals surface area contributed by atoms with Gasteiger partial charge in [0.05, 0.1) is 12.3 Å². The van der Waals surface area contributed by atoms with Crippen molar-refractivity contribution in [3.05, 3.63) is 11.4 Å². The maximum Gasteiger partial charge on any atom is 0.360 e. The second kappa shape index (κ2) is 5.63. The highest BCUT2D eigenvalue weighted by Gasteiger charge is 2.17. The molecular weight excluding hydrogens is 206 g/mol. The van der Waals surface area contributed by atoms with Gasteiger partial charge in [-0.2, -0.15) is 0 Å². The highest BCUT2D eigenvalue weighted by molar-refractivity contribution is 5.88. The van der Waals surface area contributed by atoms with Gasteiger partial charge in [-0.1, -0.05) is 25.5 Å². The van der Waals surface area contributed by atoms with Crippen LogP contribution in [-0.2, 0) is 11.3 Å². The highest BCUT2D eigenvalue weighted by atomic mass is 16.5. The lowest BCUT2D eigenvalue weighted by Crippen LogP contribution is -2.11. The van der Waals surface area contributed by atoms with E-state index in [1.54, 1.807) is 11.6 Å². The number of ether oxygens (including phenoxy) is 1. The summed E-state index contributed by atoms with van der Waals surface area (Å²) < 4.78 is 6.66. The van der Waals surface area contributed by atoms with Crippen molar-refractivity contribution in [2.45, 2.75) is 40.7 Å². The molecule has 1 aromatic heterocycles. The number of hydrogen-bond donors (Lipinski definition) is 0. The zero-order chi connectivity index (χ0) is 12.1. The van der Waals surface area contributed by atoms with Gasteiger partial charge in [0.15, 0.2) is 5.69 Å². The smallest absolute Gasteiger partial charge is 0.360 e. The largest absolute Gasteiger partial charge is 0.461 e. The van der Waals surface area contributed by atoms with Crippen LogP contribution in [0.5, 0.6) is 0 Å². The van der Waals surface area contributed by atoms with Gasteiger partial charge in [0.1, 0.15) is 0 Å². The van der Waals surface area contributed by atoms with E-state index in [0.717, 1.165) is 18.7 Å². The molecule has 1 aromatic rings. The molecule has 0 saturated carbocycles. The molecule has 90 valence electrons. The Balaban J connectivity index is 2.79. The fourth-order valence-electron chi connectivity index (χ4n) is 1.35. The summed E-state index contributed by atoms with van der Waals surface area (Å²) in [5, 5.41) is 7.83. The molecule has 1 unspecified atom stereocenters. The summed E-state index contributed by atoms with van der Waals surface area (Å²) in [7, 11) is 0. The standard InChI is InChI=1S/C11H19N3O2/c1-5-8(3)7-14-9(4)10(12-13-14)11(15)16-6-2/h8H,5-7H2,1-4H3. The molecule has 0 bridgehead atoms. The van der Waals surface area contributed by atoms with Crippen molar-refractivity contribution in [1.29, 1.82) is 0 Å². The molecule has 0 spiro atoms. The first-order chi connectivity index (χ1) is 7.60. The fraction of sp³-hybridized carbons (Fsp3) is 0.727. The van der Waals surface area contributed by atoms with Gasteiger partial charge in [0, 0.05) is 6.54 Å². The Morgan fingerprint density at radius 1 is 1.50 bits per heavy atom. The van der Waals surface area contributed by atoms with E-state index in [-0.39, 0.29) is 0 Å². The maximum absolute atomic E-state index is 11.5. The molecule has 0 aliphatic heterocycles. The Labute approximate surface area is 95.8 Å². The molecular formula is C11H19N3O2. The Kier molecular flexibility index (Phi) is 4.46. The molecule has 16 heavy (non-hydrogen) atoms. The zero-order valence-electron chi connectivity index (χ0n) is 10.4. The maximum atomic E-state index is 11.5. The number of hydrogen-bond acceptors (Lipinski definition) is 4. The van der Waals surface area contributed by atoms with E-state index < -0.39 is 5.97 Å². The first-order valence-electron chi connectivity index (χ1n) is 5.67. The fourth-order valence-corrected chi connectivity index (χ4v) is 1.35. The Hall–Kier alpha value is -1.39. The molecule has 0 aliphatic carbocycles. The lowest BCUT2D eigenvalue weighted by molar-refractivity contribution is 0.0518. The summed E-state index contributed by atoms with van der Waals surface area (Å²) in [6, 6.07) is 0. The highest BCUT2D eigenvalue weighted by Crippen LogP contribution is 2.10. The van der Waals surface area contributed by atoms with Crippen molar-refractivity contribution < 1.29 is 9.53 Å². The SMILES string of the molecule is CCOC(=O)c1nnn(CC(C)CC)c1C. The predicted octanol–water partition coefficient (Wildman–Crippen LogP) is 1.81. The number of esters is 1. The molecule has 1 atom stereocenters. The number of nitrogens with zero attached hydrogens (tertiary/aromatic N) is 3. The van der Waals surface area contributed by atoms with E-state index >= 15 is 0 Å². The Morgan fingerprint density at radius 2 is 2.19 bits per heavy atom. The third-order valence-corrected chi connectivity index (χ3v) is 2.63. The van der Waals surface area contributed by atoms with Gasteiger partial charge >= 0.3 is 5.97 Å². The molecule has 0 aliphatic rings. The second-order valence-electron chi connectivity index (χ2n) is 3.94. The summed E-state index contributed by atoms with van der Waals surface area (Å²) >= 11 is 0. The van der Waals surface area contributed by atoms with Gasteiger partial charge in [0.25, 0.3) is 0 Å². The third kappa shape index (κ3) is 2.81. The summed E-state index contributed by atoms with van der Waals surface area (Å²) in [5.41, 5.74) is 1.10. The molecule has 5 heteroatoms. The van der Waals surface area contributed by atoms with Crippen LogP contribution in [0.4, 0.5) is 0 Å². The Bertz CT molecular complexity index is 360. The monoisotopic (exact) mass is 225 g/mol. The lowest BCUT2D eigenvalue weighted by atomic mass is 10.1. The van der Waals surface area contributed by atoms with Gasteiger partial charge in [-0.3, -0.25) is 0 Å². The van der Waals surface area contributed by atoms with E-state index in [9.17, 15) is 4.79 Å². The van der Waals surface area contributed by atoms with Crippen molar-refractivity contribution in [3.8, 4) is 0 Å². The lowest BCUT2D eigenvalue weighted by Gasteiger charge is -2.09. The summed E-state index contributed by atoms with van der Waals surface area (Å²) in [4.78, 5) is 11.5. The van der Waals surface area contributed by atoms with Gasteiger partial charge in [-0.15, -0.1) is 5.10 Å². The van der Waals surface area contributed by atoms with Crippen LogP contribution in [-0.4, -0.2) is 27.6 Å². The predicted molar refractivity (Wildman–Crippen MR) is 60.2 cm³/mol. The van der Waals surface area contributed by atoms with Gasteiger partial charge < -0.3 is 4.74 Å². The van der Waals surface area contributed by atoms with Gasteiger partial charge in [0.2, 0.25) is 0 Å². The molecule has 0 saturated heterocycles. The summed E-state index contributed by atoms with van der Waals surface area (Å²) in [6.07, 6.45) is 1.08. The third-order valence-electron chi connectivity index (χ3n) is 2.63. The Morgan fingerprint density at radius 3 is 2.75 bits per heavy atom. The van der Waals surface area contributed by atoms with Crippen LogP contribution in [0.3, 0.4) is 0 Å². The van der Waals surface area contributed by atoms with E-state index in [1.165, 1.54) is 0 Å². The van der Waals surface area contributed by atoms with Gasteiger partial charge in [-0.25, -0.2) is 9.48 Å². The summed E-state index contributed by atoms with van der Waals surface area (Å²) in [6.45, 7) is 9.03. The van der Waals surface area contributed by atoms with Crippen LogP contribution in [0.1, 0.15) is 43.4 Å². The van der Waals surface area contributed by atoms with E-state index in [1.807, 2.05) is 6.92 Å². The molecule has 0 fully saturated rings. The van der Waals surface area contributed by atoms with Crippen LogP contribution in [0.15, 0.2) is 0 Å². The average molecular weight is 225 g/mol. The first kappa shape index (κ1) is 12.7. The average Bonchev–Trinajstić information content (AvgIpc) is 2.61. The number of carbonyl (C=O) groups is 1. The van der Waals surface area contributed by atoms with Crippen LogP contribution in [0.2, 0.25) is 0 Å². The van der Waals surface area contributed by atoms with Crippen LogP contribution in [0.25, 0.3) is 0 Å². The molecule has 5 nitrogen and oxygen atoms in total. The van der Waals surface area contributed by atoms with Crippen LogP contribution >= 0.6 is 0 Å². The summed E-state index contributed by atoms with van der Waals surface area (Å²) in [5.74, 6) is 0.130. The van der Waals surface area contributed by atoms with E-state index in [2.05, 4.69) is 24.2 Å². The van der Waals surface area contributed by atoms with Crippen molar-refractivity contribution in [1.82, 2.24) is 15.0 Å². The van der Waals surface area contributed by atoms with Crippen molar-refractivity contribution in [2.24, 2.45) is 5.92 Å². The molecule has 0 N–H and O–H groups in total. The quantitative estimate of drug-likeness (QED) is 0.717. The minimum Gasteiger partial charge on any atom is -0.461 e. The van der Waals surface area contributed by atoms with Crippen molar-refractivity contribution in [2.75, 3.05) is 6.61 Å². The normalized spacial score (nSPS) is 12.5. The minimum atomic E-state index is -0.393. The van der Waals surface area contributed by atoms with E-state index in [0.29, 0.717) is 18.2 Å². The molecule has 0 amide bonds. The minimum absolute atomic E-state index is 0.324. The first-order valence-corrected chi connectivity index (χ1v) is 5.67. The van der Waals surface area contributed by atoms with Crippen LogP contribution < -0.4 is 0 Å². The van der Waals surface area contributed by atoms with Gasteiger partial charge in [-0.05, 0) is 19.8 Å². The van der Waals surface area contributed by atoms with Crippen molar-refractivity contribution >= 4 is 5.97 Å². The van der Waals surface area contributed by atoms with Crippen LogP contribution in [0, 0.1) is 12.8 Å². The zero-order valence-corrected chi connectivity index (χ0v) is 10.4. The van der Waals surface area contributed by atoms with Crippen molar-refractivity contribution in [3.63, 3.8) is 0 Å². The molecule has 1 heterocycles. The topological polar surface area (TPSA) is 57.0 Å². The van der Waals surface area contributed by atoms with E-state index in [4.69, 9.17) is 4.74 Å². The molecule has 0 radical (unpaired) electrons. The number of carbonyl (C=O) groups excluding carboxylic acids is 1. The number of aromatic nitrogens is 3. The second-order valence-corrected chi connectivity index (χ2v) is 3.94.